The summed E-state index contributed by atoms with van der Waals surface area (Å²) in [4.78, 5) is 73.9. The Morgan fingerprint density at radius 1 is 0.920 bits per heavy atom. The first-order chi connectivity index (χ1) is 23.8. The van der Waals surface area contributed by atoms with Gasteiger partial charge >= 0.3 is 6.09 Å². The third-order valence-corrected chi connectivity index (χ3v) is 9.08. The van der Waals surface area contributed by atoms with Crippen LogP contribution >= 0.6 is 11.8 Å². The summed E-state index contributed by atoms with van der Waals surface area (Å²) in [6, 6.07) is 0. The number of methoxy groups -OCH3 is 1. The monoisotopic (exact) mass is 733 g/mol. The standard InChI is InChI=1S/C31H56BN5O12S/c1-5-22(20-38)49-28(45-4)21-48-30(44)36-10-7-24(39)33-11-12-34-26(41)9-15-46-17-18-47-16-13-35-25(40)8-14-37-27(42)19-23(29(37)43)50-31(3,32)6-2/h22-23,28,38H,5-21,32H2,1-4H3,(H,33,39)(H,34,41)(H,35,40)(H,36,44). The van der Waals surface area contributed by atoms with E-state index in [-0.39, 0.29) is 132 Å². The van der Waals surface area contributed by atoms with Gasteiger partial charge in [-0.15, -0.1) is 0 Å². The SMILES string of the molecule is BC(C)(CC)SC1CC(=O)N(CCC(=O)NCCOCCOCCC(=O)NCCNC(=O)CCNC(=O)OCC(OC)OC(CC)CO)C1=O. The van der Waals surface area contributed by atoms with Crippen LogP contribution in [0.5, 0.6) is 0 Å². The average molecular weight is 734 g/mol. The molecule has 1 saturated heterocycles. The molecule has 0 aromatic rings. The van der Waals surface area contributed by atoms with E-state index in [1.54, 1.807) is 0 Å². The van der Waals surface area contributed by atoms with Crippen LogP contribution in [-0.4, -0.2) is 155 Å². The topological polar surface area (TPSA) is 220 Å². The summed E-state index contributed by atoms with van der Waals surface area (Å²) in [5.41, 5.74) is 0. The second-order valence-electron chi connectivity index (χ2n) is 11.9. The number of likely N-dealkylation sites (tertiary alicyclic amines) is 1. The minimum absolute atomic E-state index is 0.0127. The lowest BCUT2D eigenvalue weighted by atomic mass is 9.86. The molecule has 286 valence electrons. The van der Waals surface area contributed by atoms with Crippen molar-refractivity contribution in [2.45, 2.75) is 81.6 Å². The number of ether oxygens (including phenoxy) is 5. The van der Waals surface area contributed by atoms with E-state index in [9.17, 15) is 33.9 Å². The number of thioether (sulfide) groups is 1. The number of amides is 6. The van der Waals surface area contributed by atoms with Crippen LogP contribution in [-0.2, 0) is 47.7 Å². The number of carbonyl (C=O) groups is 6. The summed E-state index contributed by atoms with van der Waals surface area (Å²) < 4.78 is 26.2. The normalized spacial score (nSPS) is 16.7. The van der Waals surface area contributed by atoms with Crippen molar-refractivity contribution >= 4 is 55.2 Å². The lowest BCUT2D eigenvalue weighted by Gasteiger charge is -2.25. The minimum atomic E-state index is -0.825. The van der Waals surface area contributed by atoms with Crippen molar-refractivity contribution < 1.29 is 57.6 Å². The molecule has 19 heteroatoms. The molecule has 6 amide bonds. The molecule has 1 rings (SSSR count). The van der Waals surface area contributed by atoms with Gasteiger partial charge in [-0.1, -0.05) is 20.8 Å². The molecule has 0 aromatic heterocycles. The van der Waals surface area contributed by atoms with Gasteiger partial charge in [-0.3, -0.25) is 28.9 Å². The maximum Gasteiger partial charge on any atom is 0.407 e. The zero-order valence-electron chi connectivity index (χ0n) is 30.0. The van der Waals surface area contributed by atoms with Crippen molar-refractivity contribution in [1.29, 1.82) is 0 Å². The summed E-state index contributed by atoms with van der Waals surface area (Å²) in [5.74, 6) is -1.31. The summed E-state index contributed by atoms with van der Waals surface area (Å²) >= 11 is 1.51. The van der Waals surface area contributed by atoms with Crippen molar-refractivity contribution in [3.8, 4) is 0 Å². The number of nitrogens with one attached hydrogen (secondary N) is 4. The predicted molar refractivity (Wildman–Crippen MR) is 187 cm³/mol. The molecule has 1 aliphatic rings. The fourth-order valence-corrected chi connectivity index (χ4v) is 5.59. The molecule has 1 heterocycles. The maximum atomic E-state index is 12.6. The molecule has 1 aliphatic heterocycles. The molecule has 0 aromatic carbocycles. The zero-order chi connectivity index (χ0) is 37.4. The van der Waals surface area contributed by atoms with Gasteiger partial charge < -0.3 is 50.1 Å². The summed E-state index contributed by atoms with van der Waals surface area (Å²) in [6.07, 6.45) is -0.221. The largest absolute Gasteiger partial charge is 0.444 e. The molecule has 0 aliphatic carbocycles. The van der Waals surface area contributed by atoms with Gasteiger partial charge in [0, 0.05) is 65.5 Å². The smallest absolute Gasteiger partial charge is 0.407 e. The van der Waals surface area contributed by atoms with Crippen LogP contribution in [0.25, 0.3) is 0 Å². The van der Waals surface area contributed by atoms with Crippen molar-refractivity contribution in [2.75, 3.05) is 79.5 Å². The highest BCUT2D eigenvalue weighted by atomic mass is 32.2. The zero-order valence-corrected chi connectivity index (χ0v) is 30.9. The Balaban J connectivity index is 1.99. The van der Waals surface area contributed by atoms with Crippen LogP contribution in [0.3, 0.4) is 0 Å². The Morgan fingerprint density at radius 3 is 2.16 bits per heavy atom. The van der Waals surface area contributed by atoms with E-state index >= 15 is 0 Å². The summed E-state index contributed by atoms with van der Waals surface area (Å²) in [5, 5.41) is 19.2. The predicted octanol–water partition coefficient (Wildman–Crippen LogP) is -1.36. The molecule has 17 nitrogen and oxygen atoms in total. The van der Waals surface area contributed by atoms with Gasteiger partial charge in [0.2, 0.25) is 29.5 Å². The van der Waals surface area contributed by atoms with Gasteiger partial charge in [0.15, 0.2) is 6.29 Å². The number of carbonyl (C=O) groups excluding carboxylic acids is 6. The van der Waals surface area contributed by atoms with E-state index in [1.807, 2.05) is 28.6 Å². The first-order valence-corrected chi connectivity index (χ1v) is 17.9. The molecule has 0 bridgehead atoms. The second-order valence-corrected chi connectivity index (χ2v) is 13.8. The molecule has 4 atom stereocenters. The number of hydrogen-bond acceptors (Lipinski definition) is 13. The first kappa shape index (κ1) is 45.1. The van der Waals surface area contributed by atoms with Gasteiger partial charge in [-0.05, 0) is 17.5 Å². The van der Waals surface area contributed by atoms with E-state index in [1.165, 1.54) is 23.8 Å². The van der Waals surface area contributed by atoms with Crippen LogP contribution in [0.4, 0.5) is 4.79 Å². The van der Waals surface area contributed by atoms with E-state index in [0.717, 1.165) is 6.42 Å². The molecular weight excluding hydrogens is 677 g/mol. The van der Waals surface area contributed by atoms with Crippen LogP contribution in [0.15, 0.2) is 0 Å². The van der Waals surface area contributed by atoms with E-state index in [4.69, 9.17) is 23.7 Å². The Labute approximate surface area is 299 Å². The average Bonchev–Trinajstić information content (AvgIpc) is 3.35. The Kier molecular flexibility index (Phi) is 23.3. The van der Waals surface area contributed by atoms with Crippen LogP contribution in [0.1, 0.15) is 59.3 Å². The lowest BCUT2D eigenvalue weighted by molar-refractivity contribution is -0.181. The van der Waals surface area contributed by atoms with Crippen molar-refractivity contribution in [3.05, 3.63) is 0 Å². The number of imide groups is 1. The van der Waals surface area contributed by atoms with E-state index < -0.39 is 23.7 Å². The van der Waals surface area contributed by atoms with Gasteiger partial charge in [0.25, 0.3) is 0 Å². The Hall–Kier alpha value is -2.97. The highest BCUT2D eigenvalue weighted by molar-refractivity contribution is 8.03. The van der Waals surface area contributed by atoms with Crippen LogP contribution in [0.2, 0.25) is 0 Å². The molecule has 0 saturated carbocycles. The highest BCUT2D eigenvalue weighted by Gasteiger charge is 2.41. The first-order valence-electron chi connectivity index (χ1n) is 17.0. The number of aliphatic hydroxyl groups is 1. The van der Waals surface area contributed by atoms with Gasteiger partial charge in [0.1, 0.15) is 14.5 Å². The van der Waals surface area contributed by atoms with Crippen molar-refractivity contribution in [3.63, 3.8) is 0 Å². The van der Waals surface area contributed by atoms with Crippen molar-refractivity contribution in [1.82, 2.24) is 26.2 Å². The number of hydrogen-bond donors (Lipinski definition) is 5. The quantitative estimate of drug-likeness (QED) is 0.0272. The third-order valence-electron chi connectivity index (χ3n) is 7.50. The van der Waals surface area contributed by atoms with Gasteiger partial charge in [-0.2, -0.15) is 11.8 Å². The Bertz CT molecular complexity index is 1070. The molecule has 0 radical (unpaired) electrons. The maximum absolute atomic E-state index is 12.6. The van der Waals surface area contributed by atoms with E-state index in [0.29, 0.717) is 6.42 Å². The summed E-state index contributed by atoms with van der Waals surface area (Å²) in [6.45, 7) is 7.33. The molecule has 1 fully saturated rings. The number of nitrogens with zero attached hydrogens (tertiary/aromatic N) is 1. The van der Waals surface area contributed by atoms with Crippen molar-refractivity contribution in [2.24, 2.45) is 0 Å². The second kappa shape index (κ2) is 25.9. The summed E-state index contributed by atoms with van der Waals surface area (Å²) in [7, 11) is 3.43. The lowest BCUT2D eigenvalue weighted by Crippen LogP contribution is -2.37. The van der Waals surface area contributed by atoms with E-state index in [2.05, 4.69) is 21.3 Å². The molecule has 5 N–H and O–H groups in total. The highest BCUT2D eigenvalue weighted by Crippen LogP contribution is 2.35. The van der Waals surface area contributed by atoms with Gasteiger partial charge in [-0.25, -0.2) is 4.79 Å². The third kappa shape index (κ3) is 20.0. The molecule has 4 unspecified atom stereocenters. The number of alkyl carbamates (subject to hydrolysis) is 1. The molecule has 0 spiro atoms. The fraction of sp³-hybridized carbons (Fsp3) is 0.806. The van der Waals surface area contributed by atoms with Gasteiger partial charge in [0.05, 0.1) is 44.4 Å². The number of rotatable bonds is 28. The number of aliphatic hydroxyl groups excluding tert-OH is 1. The fourth-order valence-electron chi connectivity index (χ4n) is 4.20. The Morgan fingerprint density at radius 2 is 1.54 bits per heavy atom. The minimum Gasteiger partial charge on any atom is -0.444 e. The molecular formula is C31H56BN5O12S. The molecule has 50 heavy (non-hydrogen) atoms. The van der Waals surface area contributed by atoms with Crippen LogP contribution in [0, 0.1) is 0 Å². The van der Waals surface area contributed by atoms with Crippen LogP contribution < -0.4 is 21.3 Å².